The van der Waals surface area contributed by atoms with E-state index in [1.54, 1.807) is 12.3 Å². The van der Waals surface area contributed by atoms with Crippen LogP contribution >= 0.6 is 11.6 Å². The van der Waals surface area contributed by atoms with Gasteiger partial charge in [-0.25, -0.2) is 0 Å². The summed E-state index contributed by atoms with van der Waals surface area (Å²) >= 11 is 6.15. The quantitative estimate of drug-likeness (QED) is 0.894. The van der Waals surface area contributed by atoms with E-state index in [1.807, 2.05) is 25.1 Å². The lowest BCUT2D eigenvalue weighted by Crippen LogP contribution is -2.32. The van der Waals surface area contributed by atoms with Gasteiger partial charge in [0.2, 0.25) is 5.91 Å². The lowest BCUT2D eigenvalue weighted by molar-refractivity contribution is -0.119. The van der Waals surface area contributed by atoms with Gasteiger partial charge in [0.05, 0.1) is 22.1 Å². The number of hydrogen-bond acceptors (Lipinski definition) is 3. The van der Waals surface area contributed by atoms with Crippen LogP contribution in [0.1, 0.15) is 13.3 Å². The van der Waals surface area contributed by atoms with Crippen LogP contribution in [0, 0.1) is 5.92 Å². The molecular weight excluding hydrogens is 274 g/mol. The van der Waals surface area contributed by atoms with Gasteiger partial charge in [-0.15, -0.1) is 0 Å². The van der Waals surface area contributed by atoms with Crippen molar-refractivity contribution in [1.82, 2.24) is 10.3 Å². The average molecular weight is 290 g/mol. The van der Waals surface area contributed by atoms with E-state index in [0.29, 0.717) is 10.7 Å². The Balaban J connectivity index is 1.91. The van der Waals surface area contributed by atoms with Crippen molar-refractivity contribution in [2.24, 2.45) is 5.92 Å². The van der Waals surface area contributed by atoms with Crippen molar-refractivity contribution >= 4 is 34.1 Å². The fourth-order valence-corrected chi connectivity index (χ4v) is 2.90. The molecule has 5 heteroatoms. The number of nitrogens with one attached hydrogen (secondary N) is 2. The van der Waals surface area contributed by atoms with Gasteiger partial charge in [0.1, 0.15) is 0 Å². The number of carbonyl (C=O) groups is 1. The van der Waals surface area contributed by atoms with E-state index in [2.05, 4.69) is 15.6 Å². The molecule has 3 rings (SSSR count). The second kappa shape index (κ2) is 5.38. The summed E-state index contributed by atoms with van der Waals surface area (Å²) in [6, 6.07) is 7.55. The summed E-state index contributed by atoms with van der Waals surface area (Å²) in [5.41, 5.74) is 1.45. The molecule has 1 aromatic heterocycles. The van der Waals surface area contributed by atoms with E-state index < -0.39 is 0 Å². The Morgan fingerprint density at radius 1 is 1.45 bits per heavy atom. The SMILES string of the molecule is CC1NCCC1C(=O)Nc1ccc(Cl)c2cccnc12. The minimum atomic E-state index is 0.00411. The molecule has 0 spiro atoms. The van der Waals surface area contributed by atoms with Crippen LogP contribution in [0.2, 0.25) is 5.02 Å². The molecule has 1 aliphatic heterocycles. The number of hydrogen-bond donors (Lipinski definition) is 2. The Bertz CT molecular complexity index is 659. The van der Waals surface area contributed by atoms with Gasteiger partial charge in [0, 0.05) is 17.6 Å². The van der Waals surface area contributed by atoms with Gasteiger partial charge in [-0.05, 0) is 44.2 Å². The number of halogens is 1. The van der Waals surface area contributed by atoms with Crippen LogP contribution in [0.4, 0.5) is 5.69 Å². The number of pyridine rings is 1. The van der Waals surface area contributed by atoms with Crippen LogP contribution in [0.15, 0.2) is 30.5 Å². The fraction of sp³-hybridized carbons (Fsp3) is 0.333. The number of fused-ring (bicyclic) bond motifs is 1. The first-order chi connectivity index (χ1) is 9.66. The number of anilines is 1. The second-order valence-corrected chi connectivity index (χ2v) is 5.53. The Morgan fingerprint density at radius 3 is 3.05 bits per heavy atom. The van der Waals surface area contributed by atoms with Gasteiger partial charge < -0.3 is 10.6 Å². The van der Waals surface area contributed by atoms with Gasteiger partial charge in [0.25, 0.3) is 0 Å². The Morgan fingerprint density at radius 2 is 2.30 bits per heavy atom. The number of carbonyl (C=O) groups excluding carboxylic acids is 1. The van der Waals surface area contributed by atoms with Crippen LogP contribution in [-0.2, 0) is 4.79 Å². The highest BCUT2D eigenvalue weighted by Crippen LogP contribution is 2.28. The molecular formula is C15H16ClN3O. The zero-order valence-electron chi connectivity index (χ0n) is 11.2. The maximum atomic E-state index is 12.3. The smallest absolute Gasteiger partial charge is 0.229 e. The summed E-state index contributed by atoms with van der Waals surface area (Å²) in [6.07, 6.45) is 2.57. The molecule has 1 saturated heterocycles. The number of amides is 1. The fourth-order valence-electron chi connectivity index (χ4n) is 2.68. The molecule has 0 radical (unpaired) electrons. The third-order valence-corrected chi connectivity index (χ3v) is 4.17. The van der Waals surface area contributed by atoms with Crippen LogP contribution in [0.5, 0.6) is 0 Å². The molecule has 2 heterocycles. The van der Waals surface area contributed by atoms with Crippen molar-refractivity contribution in [3.05, 3.63) is 35.5 Å². The zero-order valence-corrected chi connectivity index (χ0v) is 11.9. The second-order valence-electron chi connectivity index (χ2n) is 5.12. The Labute approximate surface area is 122 Å². The van der Waals surface area contributed by atoms with Crippen molar-refractivity contribution in [3.8, 4) is 0 Å². The predicted octanol–water partition coefficient (Wildman–Crippen LogP) is 2.82. The van der Waals surface area contributed by atoms with Crippen LogP contribution in [0.3, 0.4) is 0 Å². The largest absolute Gasteiger partial charge is 0.324 e. The maximum absolute atomic E-state index is 12.3. The number of rotatable bonds is 2. The van der Waals surface area contributed by atoms with Gasteiger partial charge in [-0.1, -0.05) is 11.6 Å². The van der Waals surface area contributed by atoms with E-state index in [9.17, 15) is 4.79 Å². The van der Waals surface area contributed by atoms with Crippen molar-refractivity contribution in [3.63, 3.8) is 0 Å². The topological polar surface area (TPSA) is 54.0 Å². The summed E-state index contributed by atoms with van der Waals surface area (Å²) in [6.45, 7) is 2.92. The van der Waals surface area contributed by atoms with E-state index in [1.165, 1.54) is 0 Å². The molecule has 1 aliphatic rings. The molecule has 4 nitrogen and oxygen atoms in total. The van der Waals surface area contributed by atoms with Crippen LogP contribution < -0.4 is 10.6 Å². The lowest BCUT2D eigenvalue weighted by Gasteiger charge is -2.16. The monoisotopic (exact) mass is 289 g/mol. The molecule has 0 saturated carbocycles. The number of aromatic nitrogens is 1. The normalized spacial score (nSPS) is 22.1. The number of nitrogens with zero attached hydrogens (tertiary/aromatic N) is 1. The minimum absolute atomic E-state index is 0.00411. The highest BCUT2D eigenvalue weighted by Gasteiger charge is 2.29. The molecule has 2 aromatic rings. The highest BCUT2D eigenvalue weighted by atomic mass is 35.5. The molecule has 1 aromatic carbocycles. The lowest BCUT2D eigenvalue weighted by atomic mass is 10.0. The van der Waals surface area contributed by atoms with Crippen molar-refractivity contribution in [2.45, 2.75) is 19.4 Å². The van der Waals surface area contributed by atoms with Gasteiger partial charge >= 0.3 is 0 Å². The molecule has 0 bridgehead atoms. The summed E-state index contributed by atoms with van der Waals surface area (Å²) in [5.74, 6) is 0.0428. The van der Waals surface area contributed by atoms with Crippen molar-refractivity contribution < 1.29 is 4.79 Å². The Hall–Kier alpha value is -1.65. The molecule has 0 aliphatic carbocycles. The van der Waals surface area contributed by atoms with Crippen molar-refractivity contribution in [1.29, 1.82) is 0 Å². The average Bonchev–Trinajstić information content (AvgIpc) is 2.88. The first-order valence-electron chi connectivity index (χ1n) is 6.74. The molecule has 1 fully saturated rings. The molecule has 20 heavy (non-hydrogen) atoms. The third-order valence-electron chi connectivity index (χ3n) is 3.84. The van der Waals surface area contributed by atoms with E-state index >= 15 is 0 Å². The third kappa shape index (κ3) is 2.37. The van der Waals surface area contributed by atoms with Gasteiger partial charge in [0.15, 0.2) is 0 Å². The molecule has 104 valence electrons. The van der Waals surface area contributed by atoms with Crippen LogP contribution in [0.25, 0.3) is 10.9 Å². The Kier molecular flexibility index (Phi) is 3.59. The predicted molar refractivity (Wildman–Crippen MR) is 81.0 cm³/mol. The summed E-state index contributed by atoms with van der Waals surface area (Å²) in [5, 5.41) is 7.76. The summed E-state index contributed by atoms with van der Waals surface area (Å²) in [7, 11) is 0. The molecule has 1 amide bonds. The van der Waals surface area contributed by atoms with E-state index in [4.69, 9.17) is 11.6 Å². The van der Waals surface area contributed by atoms with Gasteiger partial charge in [-0.3, -0.25) is 9.78 Å². The van der Waals surface area contributed by atoms with Gasteiger partial charge in [-0.2, -0.15) is 0 Å². The molecule has 2 unspecified atom stereocenters. The molecule has 2 N–H and O–H groups in total. The first kappa shape index (κ1) is 13.3. The van der Waals surface area contributed by atoms with E-state index in [0.717, 1.165) is 23.9 Å². The highest BCUT2D eigenvalue weighted by molar-refractivity contribution is 6.35. The summed E-state index contributed by atoms with van der Waals surface area (Å²) < 4.78 is 0. The maximum Gasteiger partial charge on any atom is 0.229 e. The standard InChI is InChI=1S/C15H16ClN3O/c1-9-10(6-8-17-9)15(20)19-13-5-4-12(16)11-3-2-7-18-14(11)13/h2-5,7,9-10,17H,6,8H2,1H3,(H,19,20). The van der Waals surface area contributed by atoms with Crippen LogP contribution in [-0.4, -0.2) is 23.5 Å². The van der Waals surface area contributed by atoms with E-state index in [-0.39, 0.29) is 17.9 Å². The molecule has 2 atom stereocenters. The zero-order chi connectivity index (χ0) is 14.1. The minimum Gasteiger partial charge on any atom is -0.324 e. The summed E-state index contributed by atoms with van der Waals surface area (Å²) in [4.78, 5) is 16.7. The first-order valence-corrected chi connectivity index (χ1v) is 7.12. The number of benzene rings is 1. The van der Waals surface area contributed by atoms with Crippen molar-refractivity contribution in [2.75, 3.05) is 11.9 Å².